The molecule has 9 nitrogen and oxygen atoms in total. The maximum absolute atomic E-state index is 12.1. The molecule has 3 aromatic heterocycles. The van der Waals surface area contributed by atoms with Crippen molar-refractivity contribution in [2.24, 2.45) is 0 Å². The lowest BCUT2D eigenvalue weighted by Crippen LogP contribution is -2.33. The summed E-state index contributed by atoms with van der Waals surface area (Å²) in [6.07, 6.45) is 1.75. The Kier molecular flexibility index (Phi) is 4.58. The van der Waals surface area contributed by atoms with E-state index in [4.69, 9.17) is 33.2 Å². The van der Waals surface area contributed by atoms with E-state index in [1.54, 1.807) is 29.0 Å². The number of nitrogens with one attached hydrogen (secondary N) is 1. The molecule has 0 atom stereocenters. The number of benzene rings is 1. The third kappa shape index (κ3) is 3.14. The SMILES string of the molecule is COc1ccc2c(ccn2-c2c(Cl)cc(-n3nc(C#N)c(=O)[nH]c3=O)cc2Cl)n1. The first-order chi connectivity index (χ1) is 13.9. The second kappa shape index (κ2) is 7.09. The molecule has 3 heterocycles. The molecule has 0 aliphatic heterocycles. The number of fused-ring (bicyclic) bond motifs is 1. The van der Waals surface area contributed by atoms with Gasteiger partial charge in [0, 0.05) is 12.3 Å². The molecule has 1 aromatic carbocycles. The molecule has 0 spiro atoms. The number of hydrogen-bond donors (Lipinski definition) is 1. The van der Waals surface area contributed by atoms with Crippen LogP contribution in [0.25, 0.3) is 22.4 Å². The molecule has 4 aromatic rings. The van der Waals surface area contributed by atoms with E-state index in [0.717, 1.165) is 10.2 Å². The molecule has 4 rings (SSSR count). The number of nitriles is 1. The maximum Gasteiger partial charge on any atom is 0.349 e. The second-order valence-corrected chi connectivity index (χ2v) is 6.65. The average molecular weight is 429 g/mol. The van der Waals surface area contributed by atoms with E-state index in [2.05, 4.69) is 10.1 Å². The summed E-state index contributed by atoms with van der Waals surface area (Å²) in [6.45, 7) is 0. The van der Waals surface area contributed by atoms with Gasteiger partial charge in [-0.25, -0.2) is 9.78 Å². The van der Waals surface area contributed by atoms with Crippen LogP contribution in [0.4, 0.5) is 0 Å². The molecule has 0 radical (unpaired) electrons. The third-order valence-corrected chi connectivity index (χ3v) is 4.72. The van der Waals surface area contributed by atoms with Crippen LogP contribution in [-0.4, -0.2) is 31.4 Å². The third-order valence-electron chi connectivity index (χ3n) is 4.15. The zero-order chi connectivity index (χ0) is 20.7. The smallest absolute Gasteiger partial charge is 0.349 e. The summed E-state index contributed by atoms with van der Waals surface area (Å²) in [4.78, 5) is 30.0. The largest absolute Gasteiger partial charge is 0.481 e. The second-order valence-electron chi connectivity index (χ2n) is 5.83. The van der Waals surface area contributed by atoms with Gasteiger partial charge in [-0.1, -0.05) is 23.2 Å². The van der Waals surface area contributed by atoms with E-state index in [-0.39, 0.29) is 15.7 Å². The average Bonchev–Trinajstić information content (AvgIpc) is 3.10. The number of ether oxygens (including phenoxy) is 1. The molecular formula is C18H10Cl2N6O3. The Morgan fingerprint density at radius 1 is 1.17 bits per heavy atom. The summed E-state index contributed by atoms with van der Waals surface area (Å²) in [5.41, 5.74) is -0.0702. The molecule has 1 N–H and O–H groups in total. The minimum Gasteiger partial charge on any atom is -0.481 e. The highest BCUT2D eigenvalue weighted by molar-refractivity contribution is 6.38. The van der Waals surface area contributed by atoms with E-state index in [9.17, 15) is 9.59 Å². The van der Waals surface area contributed by atoms with Gasteiger partial charge in [-0.3, -0.25) is 9.78 Å². The van der Waals surface area contributed by atoms with E-state index >= 15 is 0 Å². The fraction of sp³-hybridized carbons (Fsp3) is 0.0556. The van der Waals surface area contributed by atoms with Crippen molar-refractivity contribution in [3.63, 3.8) is 0 Å². The summed E-state index contributed by atoms with van der Waals surface area (Å²) in [5.74, 6) is 0.472. The number of pyridine rings is 1. The van der Waals surface area contributed by atoms with Crippen LogP contribution in [0.1, 0.15) is 5.69 Å². The molecule has 0 saturated heterocycles. The van der Waals surface area contributed by atoms with Crippen molar-refractivity contribution in [3.8, 4) is 23.3 Å². The van der Waals surface area contributed by atoms with Crippen molar-refractivity contribution in [2.45, 2.75) is 0 Å². The first kappa shape index (κ1) is 18.7. The lowest BCUT2D eigenvalue weighted by atomic mass is 10.2. The van der Waals surface area contributed by atoms with Crippen LogP contribution >= 0.6 is 23.2 Å². The summed E-state index contributed by atoms with van der Waals surface area (Å²) < 4.78 is 7.73. The van der Waals surface area contributed by atoms with Gasteiger partial charge in [0.1, 0.15) is 6.07 Å². The molecule has 0 fully saturated rings. The Balaban J connectivity index is 1.89. The van der Waals surface area contributed by atoms with Crippen LogP contribution < -0.4 is 16.0 Å². The lowest BCUT2D eigenvalue weighted by Gasteiger charge is -2.13. The minimum absolute atomic E-state index is 0.192. The predicted octanol–water partition coefficient (Wildman–Crippen LogP) is 2.45. The molecule has 29 heavy (non-hydrogen) atoms. The maximum atomic E-state index is 12.1. The van der Waals surface area contributed by atoms with Gasteiger partial charge in [0.25, 0.3) is 5.56 Å². The van der Waals surface area contributed by atoms with E-state index in [1.165, 1.54) is 19.2 Å². The molecule has 0 aliphatic carbocycles. The number of H-pyrrole nitrogens is 1. The van der Waals surface area contributed by atoms with Crippen LogP contribution in [-0.2, 0) is 0 Å². The molecule has 144 valence electrons. The summed E-state index contributed by atoms with van der Waals surface area (Å²) in [7, 11) is 1.53. The van der Waals surface area contributed by atoms with Crippen molar-refractivity contribution in [1.82, 2.24) is 24.3 Å². The van der Waals surface area contributed by atoms with E-state index in [1.807, 2.05) is 11.1 Å². The minimum atomic E-state index is -0.871. The van der Waals surface area contributed by atoms with Crippen molar-refractivity contribution in [2.75, 3.05) is 7.11 Å². The van der Waals surface area contributed by atoms with Gasteiger partial charge >= 0.3 is 5.69 Å². The number of aromatic amines is 1. The highest BCUT2D eigenvalue weighted by Crippen LogP contribution is 2.34. The Hall–Kier alpha value is -3.61. The number of halogens is 2. The highest BCUT2D eigenvalue weighted by Gasteiger charge is 2.16. The standard InChI is InChI=1S/C18H10Cl2N6O3/c1-29-15-3-2-14-12(22-15)4-5-25(14)16-10(19)6-9(7-11(16)20)26-18(28)23-17(27)13(8-21)24-26/h2-7H,1H3,(H,23,27,28). The normalized spacial score (nSPS) is 10.8. The Bertz CT molecular complexity index is 1410. The summed E-state index contributed by atoms with van der Waals surface area (Å²) in [6, 6.07) is 9.85. The fourth-order valence-corrected chi connectivity index (χ4v) is 3.52. The molecule has 0 amide bonds. The number of aromatic nitrogens is 5. The molecule has 0 unspecified atom stereocenters. The molecular weight excluding hydrogens is 419 g/mol. The van der Waals surface area contributed by atoms with Gasteiger partial charge in [0.2, 0.25) is 11.6 Å². The van der Waals surface area contributed by atoms with Crippen LogP contribution in [0, 0.1) is 11.3 Å². The van der Waals surface area contributed by atoms with Crippen molar-refractivity contribution in [1.29, 1.82) is 5.26 Å². The van der Waals surface area contributed by atoms with Gasteiger partial charge < -0.3 is 9.30 Å². The fourth-order valence-electron chi connectivity index (χ4n) is 2.86. The molecule has 0 bridgehead atoms. The number of methoxy groups -OCH3 is 1. The number of hydrogen-bond acceptors (Lipinski definition) is 6. The zero-order valence-electron chi connectivity index (χ0n) is 14.7. The van der Waals surface area contributed by atoms with E-state index in [0.29, 0.717) is 17.1 Å². The van der Waals surface area contributed by atoms with Gasteiger partial charge in [-0.05, 0) is 24.3 Å². The Morgan fingerprint density at radius 2 is 1.90 bits per heavy atom. The van der Waals surface area contributed by atoms with Gasteiger partial charge in [0.05, 0.1) is 39.6 Å². The summed E-state index contributed by atoms with van der Waals surface area (Å²) >= 11 is 12.9. The molecule has 11 heteroatoms. The topological polar surface area (TPSA) is 119 Å². The van der Waals surface area contributed by atoms with E-state index < -0.39 is 16.9 Å². The van der Waals surface area contributed by atoms with Crippen LogP contribution in [0.3, 0.4) is 0 Å². The lowest BCUT2D eigenvalue weighted by molar-refractivity contribution is 0.399. The number of rotatable bonds is 3. The summed E-state index contributed by atoms with van der Waals surface area (Å²) in [5, 5.41) is 13.2. The van der Waals surface area contributed by atoms with Crippen molar-refractivity contribution in [3.05, 3.63) is 73.1 Å². The number of nitrogens with zero attached hydrogens (tertiary/aromatic N) is 5. The predicted molar refractivity (Wildman–Crippen MR) is 106 cm³/mol. The zero-order valence-corrected chi connectivity index (χ0v) is 16.2. The first-order valence-electron chi connectivity index (χ1n) is 8.08. The van der Waals surface area contributed by atoms with Crippen LogP contribution in [0.15, 0.2) is 46.1 Å². The van der Waals surface area contributed by atoms with Gasteiger partial charge in [-0.2, -0.15) is 9.94 Å². The van der Waals surface area contributed by atoms with Crippen molar-refractivity contribution >= 4 is 34.2 Å². The Labute approximate surface area is 172 Å². The van der Waals surface area contributed by atoms with Gasteiger partial charge in [0.15, 0.2) is 0 Å². The monoisotopic (exact) mass is 428 g/mol. The Morgan fingerprint density at radius 3 is 2.55 bits per heavy atom. The van der Waals surface area contributed by atoms with Crippen LogP contribution in [0.5, 0.6) is 5.88 Å². The van der Waals surface area contributed by atoms with Crippen LogP contribution in [0.2, 0.25) is 10.0 Å². The highest BCUT2D eigenvalue weighted by atomic mass is 35.5. The van der Waals surface area contributed by atoms with Crippen molar-refractivity contribution < 1.29 is 4.74 Å². The quantitative estimate of drug-likeness (QED) is 0.535. The molecule has 0 aliphatic rings. The first-order valence-corrected chi connectivity index (χ1v) is 8.84. The van der Waals surface area contributed by atoms with Gasteiger partial charge in [-0.15, -0.1) is 5.10 Å². The molecule has 0 saturated carbocycles.